The van der Waals surface area contributed by atoms with Crippen LogP contribution in [0.25, 0.3) is 11.6 Å². The standard InChI is InChI=1S/C24H25NO/c1-3-4-8-19-13-14-21-10-5-6-12-24(21)22(15-19)16-20-9-7-11-23(17-20)25-18(2)26/h3-12,16-17H,13-15H2,1-2H3,(H,25,26)/b4-3-,19-8-,22-16+. The van der Waals surface area contributed by atoms with Crippen molar-refractivity contribution in [3.05, 3.63) is 89.0 Å². The lowest BCUT2D eigenvalue weighted by atomic mass is 9.95. The summed E-state index contributed by atoms with van der Waals surface area (Å²) in [6, 6.07) is 16.7. The summed E-state index contributed by atoms with van der Waals surface area (Å²) < 4.78 is 0. The summed E-state index contributed by atoms with van der Waals surface area (Å²) in [6.07, 6.45) is 11.8. The minimum Gasteiger partial charge on any atom is -0.326 e. The highest BCUT2D eigenvalue weighted by Crippen LogP contribution is 2.34. The van der Waals surface area contributed by atoms with Crippen LogP contribution in [0.3, 0.4) is 0 Å². The van der Waals surface area contributed by atoms with E-state index in [1.54, 1.807) is 0 Å². The minimum atomic E-state index is -0.0498. The van der Waals surface area contributed by atoms with E-state index < -0.39 is 0 Å². The van der Waals surface area contributed by atoms with Gasteiger partial charge in [-0.1, -0.05) is 66.3 Å². The molecule has 0 saturated heterocycles. The third-order valence-electron chi connectivity index (χ3n) is 4.57. The van der Waals surface area contributed by atoms with Crippen molar-refractivity contribution in [3.8, 4) is 0 Å². The number of carbonyl (C=O) groups is 1. The number of aryl methyl sites for hydroxylation is 1. The molecule has 0 unspecified atom stereocenters. The predicted octanol–water partition coefficient (Wildman–Crippen LogP) is 6.02. The lowest BCUT2D eigenvalue weighted by Crippen LogP contribution is -2.05. The van der Waals surface area contributed by atoms with Crippen LogP contribution in [0, 0.1) is 0 Å². The average molecular weight is 343 g/mol. The molecule has 1 aliphatic rings. The molecule has 0 bridgehead atoms. The Morgan fingerprint density at radius 3 is 2.73 bits per heavy atom. The van der Waals surface area contributed by atoms with Crippen LogP contribution in [0.1, 0.15) is 43.4 Å². The molecule has 2 heteroatoms. The predicted molar refractivity (Wildman–Crippen MR) is 111 cm³/mol. The van der Waals surface area contributed by atoms with Crippen LogP contribution in [0.15, 0.2) is 72.3 Å². The molecule has 0 fully saturated rings. The molecule has 0 saturated carbocycles. The zero-order valence-electron chi connectivity index (χ0n) is 15.5. The van der Waals surface area contributed by atoms with Crippen LogP contribution in [-0.4, -0.2) is 5.91 Å². The number of allylic oxidation sites excluding steroid dienone is 5. The van der Waals surface area contributed by atoms with E-state index >= 15 is 0 Å². The number of amides is 1. The van der Waals surface area contributed by atoms with Crippen LogP contribution in [-0.2, 0) is 11.2 Å². The number of hydrogen-bond acceptors (Lipinski definition) is 1. The molecule has 0 aromatic heterocycles. The maximum Gasteiger partial charge on any atom is 0.221 e. The van der Waals surface area contributed by atoms with E-state index in [1.165, 1.54) is 29.2 Å². The fraction of sp³-hybridized carbons (Fsp3) is 0.208. The molecule has 26 heavy (non-hydrogen) atoms. The van der Waals surface area contributed by atoms with E-state index in [2.05, 4.69) is 60.0 Å². The van der Waals surface area contributed by atoms with E-state index in [0.29, 0.717) is 0 Å². The smallest absolute Gasteiger partial charge is 0.221 e. The summed E-state index contributed by atoms with van der Waals surface area (Å²) in [5.41, 5.74) is 7.45. The number of rotatable bonds is 3. The maximum absolute atomic E-state index is 11.3. The molecule has 0 radical (unpaired) electrons. The van der Waals surface area contributed by atoms with Gasteiger partial charge in [0.2, 0.25) is 5.91 Å². The first kappa shape index (κ1) is 17.9. The molecular formula is C24H25NO. The molecule has 1 N–H and O–H groups in total. The van der Waals surface area contributed by atoms with E-state index in [-0.39, 0.29) is 5.91 Å². The van der Waals surface area contributed by atoms with Crippen molar-refractivity contribution >= 4 is 23.2 Å². The van der Waals surface area contributed by atoms with Gasteiger partial charge in [-0.3, -0.25) is 4.79 Å². The van der Waals surface area contributed by atoms with Crippen LogP contribution >= 0.6 is 0 Å². The Labute approximate surface area is 156 Å². The molecule has 1 amide bonds. The summed E-state index contributed by atoms with van der Waals surface area (Å²) in [7, 11) is 0. The number of anilines is 1. The summed E-state index contributed by atoms with van der Waals surface area (Å²) in [5.74, 6) is -0.0498. The molecule has 2 aromatic carbocycles. The maximum atomic E-state index is 11.3. The second kappa shape index (κ2) is 8.48. The van der Waals surface area contributed by atoms with Gasteiger partial charge in [0, 0.05) is 12.6 Å². The Balaban J connectivity index is 2.01. The third-order valence-corrected chi connectivity index (χ3v) is 4.57. The Kier molecular flexibility index (Phi) is 5.85. The van der Waals surface area contributed by atoms with E-state index in [9.17, 15) is 4.79 Å². The Bertz CT molecular complexity index is 887. The third kappa shape index (κ3) is 4.60. The highest BCUT2D eigenvalue weighted by Gasteiger charge is 2.15. The Morgan fingerprint density at radius 1 is 1.08 bits per heavy atom. The van der Waals surface area contributed by atoms with Gasteiger partial charge in [-0.25, -0.2) is 0 Å². The highest BCUT2D eigenvalue weighted by molar-refractivity contribution is 5.90. The van der Waals surface area contributed by atoms with Crippen molar-refractivity contribution in [2.45, 2.75) is 33.1 Å². The quantitative estimate of drug-likeness (QED) is 0.678. The van der Waals surface area contributed by atoms with Crippen molar-refractivity contribution < 1.29 is 4.79 Å². The lowest BCUT2D eigenvalue weighted by molar-refractivity contribution is -0.114. The van der Waals surface area contributed by atoms with Gasteiger partial charge < -0.3 is 5.32 Å². The van der Waals surface area contributed by atoms with Gasteiger partial charge in [-0.05, 0) is 60.6 Å². The van der Waals surface area contributed by atoms with Gasteiger partial charge in [-0.15, -0.1) is 0 Å². The highest BCUT2D eigenvalue weighted by atomic mass is 16.1. The number of nitrogens with one attached hydrogen (secondary N) is 1. The van der Waals surface area contributed by atoms with Gasteiger partial charge in [-0.2, -0.15) is 0 Å². The van der Waals surface area contributed by atoms with Gasteiger partial charge in [0.05, 0.1) is 0 Å². The second-order valence-electron chi connectivity index (χ2n) is 6.66. The van der Waals surface area contributed by atoms with Gasteiger partial charge in [0.15, 0.2) is 0 Å². The summed E-state index contributed by atoms with van der Waals surface area (Å²) >= 11 is 0. The fourth-order valence-corrected chi connectivity index (χ4v) is 3.39. The zero-order valence-corrected chi connectivity index (χ0v) is 15.5. The molecule has 3 rings (SSSR count). The molecular weight excluding hydrogens is 318 g/mol. The van der Waals surface area contributed by atoms with Crippen LogP contribution in [0.2, 0.25) is 0 Å². The monoisotopic (exact) mass is 343 g/mol. The van der Waals surface area contributed by atoms with Crippen LogP contribution in [0.5, 0.6) is 0 Å². The van der Waals surface area contributed by atoms with Gasteiger partial charge in [0.1, 0.15) is 0 Å². The normalized spacial score (nSPS) is 17.3. The van der Waals surface area contributed by atoms with Gasteiger partial charge >= 0.3 is 0 Å². The molecule has 0 aliphatic heterocycles. The van der Waals surface area contributed by atoms with Crippen LogP contribution in [0.4, 0.5) is 5.69 Å². The largest absolute Gasteiger partial charge is 0.326 e. The zero-order chi connectivity index (χ0) is 18.4. The molecule has 0 heterocycles. The molecule has 132 valence electrons. The molecule has 1 aliphatic carbocycles. The lowest BCUT2D eigenvalue weighted by Gasteiger charge is -2.10. The minimum absolute atomic E-state index is 0.0498. The second-order valence-corrected chi connectivity index (χ2v) is 6.66. The topological polar surface area (TPSA) is 29.1 Å². The molecule has 0 spiro atoms. The Hall–Kier alpha value is -2.87. The molecule has 2 nitrogen and oxygen atoms in total. The first-order chi connectivity index (χ1) is 12.7. The van der Waals surface area contributed by atoms with E-state index in [1.807, 2.05) is 25.1 Å². The van der Waals surface area contributed by atoms with Gasteiger partial charge in [0.25, 0.3) is 0 Å². The fourth-order valence-electron chi connectivity index (χ4n) is 3.39. The number of hydrogen-bond donors (Lipinski definition) is 1. The number of carbonyl (C=O) groups excluding carboxylic acids is 1. The average Bonchev–Trinajstić information content (AvgIpc) is 2.80. The molecule has 0 atom stereocenters. The van der Waals surface area contributed by atoms with Crippen molar-refractivity contribution in [2.75, 3.05) is 5.32 Å². The summed E-state index contributed by atoms with van der Waals surface area (Å²) in [5, 5.41) is 2.86. The first-order valence-electron chi connectivity index (χ1n) is 9.13. The Morgan fingerprint density at radius 2 is 1.92 bits per heavy atom. The van der Waals surface area contributed by atoms with Crippen molar-refractivity contribution in [3.63, 3.8) is 0 Å². The van der Waals surface area contributed by atoms with Crippen LogP contribution < -0.4 is 5.32 Å². The summed E-state index contributed by atoms with van der Waals surface area (Å²) in [4.78, 5) is 11.3. The van der Waals surface area contributed by atoms with Crippen molar-refractivity contribution in [1.82, 2.24) is 0 Å². The van der Waals surface area contributed by atoms with Crippen molar-refractivity contribution in [2.24, 2.45) is 0 Å². The van der Waals surface area contributed by atoms with E-state index in [4.69, 9.17) is 0 Å². The SMILES string of the molecule is C/C=C\C=C1\CCc2ccccc2/C(=C/c2cccc(NC(C)=O)c2)C1. The molecule has 2 aromatic rings. The van der Waals surface area contributed by atoms with E-state index in [0.717, 1.165) is 30.5 Å². The van der Waals surface area contributed by atoms with Crippen molar-refractivity contribution in [1.29, 1.82) is 0 Å². The number of benzene rings is 2. The summed E-state index contributed by atoms with van der Waals surface area (Å²) in [6.45, 7) is 3.58. The first-order valence-corrected chi connectivity index (χ1v) is 9.13. The number of fused-ring (bicyclic) bond motifs is 1.